The average molecular weight is 255 g/mol. The maximum atomic E-state index is 7.58. The van der Waals surface area contributed by atoms with E-state index in [0.717, 1.165) is 30.7 Å². The van der Waals surface area contributed by atoms with E-state index >= 15 is 0 Å². The Hall–Kier alpha value is -1.90. The highest BCUT2D eigenvalue weighted by Crippen LogP contribution is 2.32. The highest BCUT2D eigenvalue weighted by atomic mass is 14.8. The molecule has 3 nitrogen and oxygen atoms in total. The first-order valence-corrected chi connectivity index (χ1v) is 6.80. The molecule has 2 rings (SSSR count). The third-order valence-electron chi connectivity index (χ3n) is 3.46. The van der Waals surface area contributed by atoms with Crippen LogP contribution in [-0.4, -0.2) is 25.5 Å². The van der Waals surface area contributed by atoms with Gasteiger partial charge in [-0.15, -0.1) is 0 Å². The van der Waals surface area contributed by atoms with Crippen molar-refractivity contribution >= 4 is 12.4 Å². The number of rotatable bonds is 5. The lowest BCUT2D eigenvalue weighted by Gasteiger charge is -2.25. The van der Waals surface area contributed by atoms with Crippen LogP contribution in [0.2, 0.25) is 0 Å². The molecule has 2 aliphatic rings. The van der Waals surface area contributed by atoms with Gasteiger partial charge in [0.2, 0.25) is 0 Å². The molecule has 0 spiro atoms. The molecule has 0 amide bonds. The van der Waals surface area contributed by atoms with E-state index < -0.39 is 0 Å². The van der Waals surface area contributed by atoms with Crippen LogP contribution in [0.15, 0.2) is 51.7 Å². The van der Waals surface area contributed by atoms with Crippen molar-refractivity contribution in [3.05, 3.63) is 46.7 Å². The van der Waals surface area contributed by atoms with Gasteiger partial charge < -0.3 is 10.7 Å². The van der Waals surface area contributed by atoms with Crippen LogP contribution < -0.4 is 5.32 Å². The molecule has 0 saturated carbocycles. The summed E-state index contributed by atoms with van der Waals surface area (Å²) >= 11 is 0. The molecule has 0 aromatic carbocycles. The Morgan fingerprint density at radius 1 is 1.53 bits per heavy atom. The van der Waals surface area contributed by atoms with Crippen LogP contribution in [-0.2, 0) is 0 Å². The Bertz CT molecular complexity index is 504. The zero-order valence-corrected chi connectivity index (χ0v) is 11.6. The fourth-order valence-electron chi connectivity index (χ4n) is 2.35. The zero-order valence-electron chi connectivity index (χ0n) is 11.6. The molecule has 1 unspecified atom stereocenters. The van der Waals surface area contributed by atoms with Crippen molar-refractivity contribution in [2.45, 2.75) is 20.3 Å². The molecule has 2 N–H and O–H groups in total. The number of hydrogen-bond acceptors (Lipinski definition) is 3. The predicted molar refractivity (Wildman–Crippen MR) is 81.9 cm³/mol. The fourth-order valence-corrected chi connectivity index (χ4v) is 2.35. The normalized spacial score (nSPS) is 22.1. The minimum Gasteiger partial charge on any atom is -0.390 e. The summed E-state index contributed by atoms with van der Waals surface area (Å²) in [4.78, 5) is 4.32. The van der Waals surface area contributed by atoms with Gasteiger partial charge in [0, 0.05) is 43.2 Å². The highest BCUT2D eigenvalue weighted by Gasteiger charge is 2.21. The molecule has 19 heavy (non-hydrogen) atoms. The molecule has 1 aliphatic carbocycles. The maximum absolute atomic E-state index is 7.58. The monoisotopic (exact) mass is 255 g/mol. The summed E-state index contributed by atoms with van der Waals surface area (Å²) in [6, 6.07) is 0. The molecule has 100 valence electrons. The van der Waals surface area contributed by atoms with Gasteiger partial charge in [-0.05, 0) is 30.6 Å². The van der Waals surface area contributed by atoms with Gasteiger partial charge in [-0.25, -0.2) is 0 Å². The zero-order chi connectivity index (χ0) is 13.7. The summed E-state index contributed by atoms with van der Waals surface area (Å²) in [5, 5.41) is 10.8. The average Bonchev–Trinajstić information content (AvgIpc) is 2.44. The van der Waals surface area contributed by atoms with E-state index in [-0.39, 0.29) is 0 Å². The Labute approximate surface area is 115 Å². The third-order valence-corrected chi connectivity index (χ3v) is 3.46. The fraction of sp³-hybridized carbons (Fsp3) is 0.375. The smallest absolute Gasteiger partial charge is 0.0495 e. The van der Waals surface area contributed by atoms with Gasteiger partial charge in [0.25, 0.3) is 0 Å². The first-order valence-electron chi connectivity index (χ1n) is 6.80. The first kappa shape index (κ1) is 13.5. The van der Waals surface area contributed by atoms with Gasteiger partial charge in [-0.3, -0.25) is 4.99 Å². The second kappa shape index (κ2) is 6.32. The van der Waals surface area contributed by atoms with Crippen LogP contribution in [0.3, 0.4) is 0 Å². The van der Waals surface area contributed by atoms with E-state index in [0.29, 0.717) is 5.92 Å². The first-order chi connectivity index (χ1) is 9.26. The quantitative estimate of drug-likeness (QED) is 0.575. The number of aliphatic imine (C=N–C) groups is 1. The Morgan fingerprint density at radius 3 is 3.11 bits per heavy atom. The van der Waals surface area contributed by atoms with Gasteiger partial charge in [0.1, 0.15) is 0 Å². The van der Waals surface area contributed by atoms with Gasteiger partial charge in [-0.2, -0.15) is 0 Å². The number of hydrogen-bond donors (Lipinski definition) is 2. The van der Waals surface area contributed by atoms with Gasteiger partial charge in [0.15, 0.2) is 0 Å². The van der Waals surface area contributed by atoms with E-state index in [9.17, 15) is 0 Å². The second-order valence-corrected chi connectivity index (χ2v) is 4.92. The number of nitrogens with one attached hydrogen (secondary N) is 2. The molecule has 0 radical (unpaired) electrons. The lowest BCUT2D eigenvalue weighted by atomic mass is 9.82. The second-order valence-electron chi connectivity index (χ2n) is 4.92. The predicted octanol–water partition coefficient (Wildman–Crippen LogP) is 3.03. The minimum atomic E-state index is 0.421. The SMILES string of the molecule is CCCN/C=C(\C=N)C1=CC2=CC=NCC2C(C)=C1. The molecule has 1 atom stereocenters. The van der Waals surface area contributed by atoms with Crippen LogP contribution in [0.1, 0.15) is 20.3 Å². The lowest BCUT2D eigenvalue weighted by Crippen LogP contribution is -2.17. The van der Waals surface area contributed by atoms with E-state index in [1.165, 1.54) is 17.4 Å². The van der Waals surface area contributed by atoms with Crippen molar-refractivity contribution < 1.29 is 0 Å². The number of fused-ring (bicyclic) bond motifs is 1. The molecule has 0 aromatic heterocycles. The Morgan fingerprint density at radius 2 is 2.37 bits per heavy atom. The number of allylic oxidation sites excluding steroid dienone is 5. The summed E-state index contributed by atoms with van der Waals surface area (Å²) in [5.74, 6) is 0.421. The van der Waals surface area contributed by atoms with Gasteiger partial charge >= 0.3 is 0 Å². The number of dihydropyridines is 1. The van der Waals surface area contributed by atoms with E-state index in [4.69, 9.17) is 5.41 Å². The summed E-state index contributed by atoms with van der Waals surface area (Å²) in [6.07, 6.45) is 12.7. The molecular weight excluding hydrogens is 234 g/mol. The molecule has 0 fully saturated rings. The number of nitrogens with zero attached hydrogens (tertiary/aromatic N) is 1. The van der Waals surface area contributed by atoms with Crippen molar-refractivity contribution in [3.8, 4) is 0 Å². The molecule has 0 bridgehead atoms. The molecule has 0 aromatic rings. The van der Waals surface area contributed by atoms with E-state index in [1.54, 1.807) is 0 Å². The van der Waals surface area contributed by atoms with Crippen LogP contribution in [0.4, 0.5) is 0 Å². The van der Waals surface area contributed by atoms with Crippen molar-refractivity contribution in [1.82, 2.24) is 5.32 Å². The Balaban J connectivity index is 2.26. The topological polar surface area (TPSA) is 48.2 Å². The maximum Gasteiger partial charge on any atom is 0.0495 e. The largest absolute Gasteiger partial charge is 0.390 e. The van der Waals surface area contributed by atoms with Crippen LogP contribution >= 0.6 is 0 Å². The summed E-state index contributed by atoms with van der Waals surface area (Å²) in [5.41, 5.74) is 4.65. The van der Waals surface area contributed by atoms with Crippen molar-refractivity contribution in [3.63, 3.8) is 0 Å². The lowest BCUT2D eigenvalue weighted by molar-refractivity contribution is 0.727. The van der Waals surface area contributed by atoms with Crippen molar-refractivity contribution in [1.29, 1.82) is 5.41 Å². The van der Waals surface area contributed by atoms with Crippen LogP contribution in [0.5, 0.6) is 0 Å². The van der Waals surface area contributed by atoms with Gasteiger partial charge in [0.05, 0.1) is 0 Å². The van der Waals surface area contributed by atoms with E-state index in [2.05, 4.69) is 42.4 Å². The highest BCUT2D eigenvalue weighted by molar-refractivity contribution is 5.85. The third kappa shape index (κ3) is 3.11. The van der Waals surface area contributed by atoms with Crippen molar-refractivity contribution in [2.75, 3.05) is 13.1 Å². The Kier molecular flexibility index (Phi) is 4.50. The van der Waals surface area contributed by atoms with Crippen LogP contribution in [0.25, 0.3) is 0 Å². The molecule has 3 heteroatoms. The van der Waals surface area contributed by atoms with E-state index in [1.807, 2.05) is 12.4 Å². The summed E-state index contributed by atoms with van der Waals surface area (Å²) in [7, 11) is 0. The molecule has 1 heterocycles. The van der Waals surface area contributed by atoms with Crippen LogP contribution in [0, 0.1) is 11.3 Å². The summed E-state index contributed by atoms with van der Waals surface area (Å²) < 4.78 is 0. The minimum absolute atomic E-state index is 0.421. The molecular formula is C16H21N3. The van der Waals surface area contributed by atoms with Gasteiger partial charge in [-0.1, -0.05) is 24.6 Å². The standard InChI is InChI=1S/C16H21N3/c1-3-5-18-10-15(9-17)14-7-12(2)16-11-19-6-4-13(16)8-14/h4,6-10,16-18H,3,5,11H2,1-2H3/b15-10+,17-9?. The summed E-state index contributed by atoms with van der Waals surface area (Å²) in [6.45, 7) is 6.06. The van der Waals surface area contributed by atoms with Crippen molar-refractivity contribution in [2.24, 2.45) is 10.9 Å². The molecule has 1 aliphatic heterocycles. The molecule has 0 saturated heterocycles.